The third-order valence-electron chi connectivity index (χ3n) is 5.03. The molecule has 0 fully saturated rings. The molecule has 1 aromatic heterocycles. The van der Waals surface area contributed by atoms with Crippen molar-refractivity contribution in [1.29, 1.82) is 0 Å². The summed E-state index contributed by atoms with van der Waals surface area (Å²) in [4.78, 5) is 0. The summed E-state index contributed by atoms with van der Waals surface area (Å²) < 4.78 is 2.24. The molecule has 0 aliphatic carbocycles. The molecule has 28 heavy (non-hydrogen) atoms. The quantitative estimate of drug-likeness (QED) is 0.364. The SMILES string of the molecule is c1ccc(Nc2ccc(-c3cccc4c3ccn4-c3ccccc3)cc2)cc1. The summed E-state index contributed by atoms with van der Waals surface area (Å²) in [6, 6.07) is 38.0. The average Bonchev–Trinajstić information content (AvgIpc) is 3.20. The summed E-state index contributed by atoms with van der Waals surface area (Å²) in [6.07, 6.45) is 2.15. The van der Waals surface area contributed by atoms with Crippen LogP contribution in [0.2, 0.25) is 0 Å². The zero-order valence-electron chi connectivity index (χ0n) is 15.4. The molecule has 0 amide bonds. The molecular formula is C26H20N2. The molecule has 0 aliphatic heterocycles. The maximum absolute atomic E-state index is 3.44. The van der Waals surface area contributed by atoms with Gasteiger partial charge in [0.05, 0.1) is 5.52 Å². The first-order valence-electron chi connectivity index (χ1n) is 9.46. The molecule has 0 saturated carbocycles. The summed E-state index contributed by atoms with van der Waals surface area (Å²) in [5.74, 6) is 0. The second kappa shape index (κ2) is 7.09. The highest BCUT2D eigenvalue weighted by Gasteiger charge is 2.08. The molecule has 134 valence electrons. The van der Waals surface area contributed by atoms with Crippen molar-refractivity contribution in [2.45, 2.75) is 0 Å². The van der Waals surface area contributed by atoms with Crippen molar-refractivity contribution in [3.63, 3.8) is 0 Å². The van der Waals surface area contributed by atoms with Gasteiger partial charge in [-0.15, -0.1) is 0 Å². The summed E-state index contributed by atoms with van der Waals surface area (Å²) in [6.45, 7) is 0. The van der Waals surface area contributed by atoms with E-state index in [1.165, 1.54) is 27.7 Å². The Hall–Kier alpha value is -3.78. The Morgan fingerprint density at radius 3 is 1.96 bits per heavy atom. The Morgan fingerprint density at radius 1 is 0.536 bits per heavy atom. The van der Waals surface area contributed by atoms with Crippen molar-refractivity contribution in [2.75, 3.05) is 5.32 Å². The third-order valence-corrected chi connectivity index (χ3v) is 5.03. The van der Waals surface area contributed by atoms with Crippen molar-refractivity contribution in [1.82, 2.24) is 4.57 Å². The maximum atomic E-state index is 3.44. The highest BCUT2D eigenvalue weighted by Crippen LogP contribution is 2.32. The molecule has 5 rings (SSSR count). The normalized spacial score (nSPS) is 10.9. The fraction of sp³-hybridized carbons (Fsp3) is 0. The number of aromatic nitrogens is 1. The number of rotatable bonds is 4. The Labute approximate surface area is 164 Å². The van der Waals surface area contributed by atoms with E-state index in [4.69, 9.17) is 0 Å². The molecule has 5 aromatic rings. The van der Waals surface area contributed by atoms with Gasteiger partial charge in [0, 0.05) is 28.6 Å². The van der Waals surface area contributed by atoms with Gasteiger partial charge in [0.15, 0.2) is 0 Å². The Balaban J connectivity index is 1.50. The van der Waals surface area contributed by atoms with Crippen LogP contribution in [0.15, 0.2) is 115 Å². The number of benzene rings is 4. The number of hydrogen-bond donors (Lipinski definition) is 1. The van der Waals surface area contributed by atoms with Gasteiger partial charge < -0.3 is 9.88 Å². The van der Waals surface area contributed by atoms with Crippen LogP contribution in [-0.4, -0.2) is 4.57 Å². The lowest BCUT2D eigenvalue weighted by molar-refractivity contribution is 1.13. The fourth-order valence-electron chi connectivity index (χ4n) is 3.65. The second-order valence-electron chi connectivity index (χ2n) is 6.83. The van der Waals surface area contributed by atoms with Crippen LogP contribution in [0.4, 0.5) is 11.4 Å². The van der Waals surface area contributed by atoms with Gasteiger partial charge in [-0.2, -0.15) is 0 Å². The highest BCUT2D eigenvalue weighted by atomic mass is 15.0. The van der Waals surface area contributed by atoms with Gasteiger partial charge >= 0.3 is 0 Å². The van der Waals surface area contributed by atoms with E-state index in [1.54, 1.807) is 0 Å². The summed E-state index contributed by atoms with van der Waals surface area (Å²) in [5, 5.41) is 4.70. The lowest BCUT2D eigenvalue weighted by atomic mass is 10.0. The number of fused-ring (bicyclic) bond motifs is 1. The monoisotopic (exact) mass is 360 g/mol. The second-order valence-corrected chi connectivity index (χ2v) is 6.83. The Kier molecular flexibility index (Phi) is 4.15. The van der Waals surface area contributed by atoms with E-state index in [0.29, 0.717) is 0 Å². The first kappa shape index (κ1) is 16.4. The summed E-state index contributed by atoms with van der Waals surface area (Å²) in [7, 11) is 0. The van der Waals surface area contributed by atoms with Crippen molar-refractivity contribution in [3.8, 4) is 16.8 Å². The predicted molar refractivity (Wildman–Crippen MR) is 118 cm³/mol. The molecular weight excluding hydrogens is 340 g/mol. The molecule has 0 bridgehead atoms. The molecule has 1 N–H and O–H groups in total. The van der Waals surface area contributed by atoms with Crippen LogP contribution in [0.5, 0.6) is 0 Å². The molecule has 0 atom stereocenters. The molecule has 0 saturated heterocycles. The standard InChI is InChI=1S/C26H20N2/c1-3-8-21(9-4-1)27-22-16-14-20(15-17-22)24-12-7-13-26-25(24)18-19-28(26)23-10-5-2-6-11-23/h1-19,27H. The summed E-state index contributed by atoms with van der Waals surface area (Å²) >= 11 is 0. The van der Waals surface area contributed by atoms with Gasteiger partial charge in [0.2, 0.25) is 0 Å². The summed E-state index contributed by atoms with van der Waals surface area (Å²) in [5.41, 5.74) is 7.04. The lowest BCUT2D eigenvalue weighted by Crippen LogP contribution is -1.91. The number of nitrogens with zero attached hydrogens (tertiary/aromatic N) is 1. The van der Waals surface area contributed by atoms with Crippen molar-refractivity contribution < 1.29 is 0 Å². The van der Waals surface area contributed by atoms with Gasteiger partial charge in [-0.05, 0) is 59.7 Å². The topological polar surface area (TPSA) is 17.0 Å². The zero-order valence-corrected chi connectivity index (χ0v) is 15.4. The number of nitrogens with one attached hydrogen (secondary N) is 1. The highest BCUT2D eigenvalue weighted by molar-refractivity contribution is 5.96. The molecule has 0 radical (unpaired) electrons. The van der Waals surface area contributed by atoms with Crippen LogP contribution < -0.4 is 5.32 Å². The van der Waals surface area contributed by atoms with E-state index in [0.717, 1.165) is 11.4 Å². The van der Waals surface area contributed by atoms with Gasteiger partial charge in [-0.1, -0.05) is 60.7 Å². The minimum absolute atomic E-state index is 1.09. The number of hydrogen-bond acceptors (Lipinski definition) is 1. The van der Waals surface area contributed by atoms with Crippen molar-refractivity contribution in [3.05, 3.63) is 115 Å². The van der Waals surface area contributed by atoms with Gasteiger partial charge in [-0.3, -0.25) is 0 Å². The van der Waals surface area contributed by atoms with E-state index in [2.05, 4.69) is 101 Å². The van der Waals surface area contributed by atoms with Crippen LogP contribution >= 0.6 is 0 Å². The van der Waals surface area contributed by atoms with Crippen LogP contribution in [0.3, 0.4) is 0 Å². The van der Waals surface area contributed by atoms with Gasteiger partial charge in [-0.25, -0.2) is 0 Å². The molecule has 0 aliphatic rings. The largest absolute Gasteiger partial charge is 0.356 e. The van der Waals surface area contributed by atoms with Gasteiger partial charge in [0.1, 0.15) is 0 Å². The van der Waals surface area contributed by atoms with E-state index in [1.807, 2.05) is 24.3 Å². The van der Waals surface area contributed by atoms with Crippen LogP contribution in [0, 0.1) is 0 Å². The Morgan fingerprint density at radius 2 is 1.21 bits per heavy atom. The van der Waals surface area contributed by atoms with E-state index < -0.39 is 0 Å². The predicted octanol–water partition coefficient (Wildman–Crippen LogP) is 7.04. The number of para-hydroxylation sites is 2. The minimum atomic E-state index is 1.09. The average molecular weight is 360 g/mol. The third kappa shape index (κ3) is 3.06. The van der Waals surface area contributed by atoms with Gasteiger partial charge in [0.25, 0.3) is 0 Å². The van der Waals surface area contributed by atoms with Crippen molar-refractivity contribution in [2.24, 2.45) is 0 Å². The first-order chi connectivity index (χ1) is 13.9. The van der Waals surface area contributed by atoms with Crippen LogP contribution in [-0.2, 0) is 0 Å². The van der Waals surface area contributed by atoms with E-state index in [9.17, 15) is 0 Å². The van der Waals surface area contributed by atoms with E-state index >= 15 is 0 Å². The van der Waals surface area contributed by atoms with E-state index in [-0.39, 0.29) is 0 Å². The molecule has 2 nitrogen and oxygen atoms in total. The molecule has 0 spiro atoms. The molecule has 4 aromatic carbocycles. The lowest BCUT2D eigenvalue weighted by Gasteiger charge is -2.10. The van der Waals surface area contributed by atoms with Crippen LogP contribution in [0.25, 0.3) is 27.7 Å². The molecule has 1 heterocycles. The smallest absolute Gasteiger partial charge is 0.0534 e. The fourth-order valence-corrected chi connectivity index (χ4v) is 3.65. The first-order valence-corrected chi connectivity index (χ1v) is 9.46. The molecule has 2 heteroatoms. The Bertz CT molecular complexity index is 1200. The minimum Gasteiger partial charge on any atom is -0.356 e. The number of anilines is 2. The van der Waals surface area contributed by atoms with Crippen LogP contribution in [0.1, 0.15) is 0 Å². The van der Waals surface area contributed by atoms with Crippen molar-refractivity contribution >= 4 is 22.3 Å². The maximum Gasteiger partial charge on any atom is 0.0534 e. The zero-order chi connectivity index (χ0) is 18.8. The molecule has 0 unspecified atom stereocenters.